The molecule has 0 atom stereocenters. The number of carbonyl (C=O) groups excluding carboxylic acids is 1. The zero-order valence-electron chi connectivity index (χ0n) is 8.32. The molecule has 0 radical (unpaired) electrons. The van der Waals surface area contributed by atoms with Crippen LogP contribution in [0.15, 0.2) is 30.8 Å². The second-order valence-electron chi connectivity index (χ2n) is 3.07. The SMILES string of the molecule is C=Cc1cccc2sc(C(=O)OC)cc12. The highest BCUT2D eigenvalue weighted by molar-refractivity contribution is 7.20. The Kier molecular flexibility index (Phi) is 2.56. The van der Waals surface area contributed by atoms with Crippen LogP contribution in [-0.4, -0.2) is 13.1 Å². The van der Waals surface area contributed by atoms with Crippen molar-refractivity contribution in [1.29, 1.82) is 0 Å². The number of hydrogen-bond donors (Lipinski definition) is 0. The van der Waals surface area contributed by atoms with Crippen molar-refractivity contribution in [2.75, 3.05) is 7.11 Å². The van der Waals surface area contributed by atoms with Crippen molar-refractivity contribution in [3.8, 4) is 0 Å². The molecule has 0 saturated carbocycles. The fourth-order valence-corrected chi connectivity index (χ4v) is 2.48. The van der Waals surface area contributed by atoms with E-state index in [4.69, 9.17) is 0 Å². The highest BCUT2D eigenvalue weighted by atomic mass is 32.1. The van der Waals surface area contributed by atoms with Crippen LogP contribution in [0.25, 0.3) is 16.2 Å². The van der Waals surface area contributed by atoms with Gasteiger partial charge in [-0.1, -0.05) is 24.8 Å². The van der Waals surface area contributed by atoms with Gasteiger partial charge in [0.05, 0.1) is 7.11 Å². The molecule has 0 N–H and O–H groups in total. The van der Waals surface area contributed by atoms with Gasteiger partial charge in [-0.15, -0.1) is 11.3 Å². The molecule has 1 aromatic heterocycles. The maximum absolute atomic E-state index is 11.3. The molecule has 1 heterocycles. The van der Waals surface area contributed by atoms with Crippen molar-refractivity contribution in [3.05, 3.63) is 41.3 Å². The predicted molar refractivity (Wildman–Crippen MR) is 63.3 cm³/mol. The Morgan fingerprint density at radius 1 is 1.53 bits per heavy atom. The first-order valence-corrected chi connectivity index (χ1v) is 5.31. The van der Waals surface area contributed by atoms with E-state index in [0.29, 0.717) is 4.88 Å². The third kappa shape index (κ3) is 1.66. The number of thiophene rings is 1. The normalized spacial score (nSPS) is 10.2. The predicted octanol–water partition coefficient (Wildman–Crippen LogP) is 3.33. The number of rotatable bonds is 2. The van der Waals surface area contributed by atoms with E-state index in [2.05, 4.69) is 11.3 Å². The molecule has 0 aliphatic rings. The van der Waals surface area contributed by atoms with Gasteiger partial charge in [-0.3, -0.25) is 0 Å². The van der Waals surface area contributed by atoms with Crippen LogP contribution in [0.3, 0.4) is 0 Å². The fraction of sp³-hybridized carbons (Fsp3) is 0.0833. The van der Waals surface area contributed by atoms with Crippen molar-refractivity contribution < 1.29 is 9.53 Å². The Hall–Kier alpha value is -1.61. The summed E-state index contributed by atoms with van der Waals surface area (Å²) in [6, 6.07) is 7.77. The number of ether oxygens (including phenoxy) is 1. The Morgan fingerprint density at radius 2 is 2.33 bits per heavy atom. The summed E-state index contributed by atoms with van der Waals surface area (Å²) < 4.78 is 5.76. The smallest absolute Gasteiger partial charge is 0.348 e. The van der Waals surface area contributed by atoms with E-state index in [1.807, 2.05) is 24.3 Å². The molecule has 0 bridgehead atoms. The highest BCUT2D eigenvalue weighted by Crippen LogP contribution is 2.29. The van der Waals surface area contributed by atoms with Crippen LogP contribution in [0.1, 0.15) is 15.2 Å². The minimum Gasteiger partial charge on any atom is -0.465 e. The molecule has 0 aliphatic heterocycles. The molecule has 0 fully saturated rings. The van der Waals surface area contributed by atoms with Crippen LogP contribution in [0.4, 0.5) is 0 Å². The minimum atomic E-state index is -0.286. The Bertz CT molecular complexity index is 525. The summed E-state index contributed by atoms with van der Waals surface area (Å²) in [5.41, 5.74) is 1.04. The van der Waals surface area contributed by atoms with E-state index in [0.717, 1.165) is 15.6 Å². The maximum Gasteiger partial charge on any atom is 0.348 e. The van der Waals surface area contributed by atoms with Crippen LogP contribution >= 0.6 is 11.3 Å². The first kappa shape index (κ1) is 9.93. The summed E-state index contributed by atoms with van der Waals surface area (Å²) >= 11 is 1.44. The highest BCUT2D eigenvalue weighted by Gasteiger charge is 2.10. The van der Waals surface area contributed by atoms with Crippen molar-refractivity contribution in [2.24, 2.45) is 0 Å². The molecule has 0 aliphatic carbocycles. The van der Waals surface area contributed by atoms with Crippen LogP contribution < -0.4 is 0 Å². The average molecular weight is 218 g/mol. The van der Waals surface area contributed by atoms with E-state index in [9.17, 15) is 4.79 Å². The van der Waals surface area contributed by atoms with Crippen molar-refractivity contribution in [2.45, 2.75) is 0 Å². The first-order chi connectivity index (χ1) is 7.26. The Labute approximate surface area is 91.8 Å². The van der Waals surface area contributed by atoms with Crippen molar-refractivity contribution in [1.82, 2.24) is 0 Å². The first-order valence-electron chi connectivity index (χ1n) is 4.49. The average Bonchev–Trinajstić information content (AvgIpc) is 2.71. The number of esters is 1. The molecule has 2 nitrogen and oxygen atoms in total. The molecule has 2 rings (SSSR count). The topological polar surface area (TPSA) is 26.3 Å². The lowest BCUT2D eigenvalue weighted by molar-refractivity contribution is 0.0606. The molecule has 0 saturated heterocycles. The van der Waals surface area contributed by atoms with Crippen LogP contribution in [0, 0.1) is 0 Å². The zero-order valence-corrected chi connectivity index (χ0v) is 9.14. The van der Waals surface area contributed by atoms with Gasteiger partial charge in [-0.05, 0) is 17.7 Å². The Morgan fingerprint density at radius 3 is 3.00 bits per heavy atom. The van der Waals surface area contributed by atoms with E-state index in [1.165, 1.54) is 18.4 Å². The summed E-state index contributed by atoms with van der Waals surface area (Å²) in [5, 5.41) is 1.05. The van der Waals surface area contributed by atoms with Crippen LogP contribution in [0.5, 0.6) is 0 Å². The van der Waals surface area contributed by atoms with Gasteiger partial charge in [-0.2, -0.15) is 0 Å². The molecule has 3 heteroatoms. The number of fused-ring (bicyclic) bond motifs is 1. The molecular formula is C12H10O2S. The third-order valence-corrected chi connectivity index (χ3v) is 3.28. The molecule has 15 heavy (non-hydrogen) atoms. The van der Waals surface area contributed by atoms with E-state index >= 15 is 0 Å². The molecule has 76 valence electrons. The largest absolute Gasteiger partial charge is 0.465 e. The molecule has 0 spiro atoms. The lowest BCUT2D eigenvalue weighted by atomic mass is 10.1. The quantitative estimate of drug-likeness (QED) is 0.723. The van der Waals surface area contributed by atoms with Gasteiger partial charge < -0.3 is 4.74 Å². The van der Waals surface area contributed by atoms with Gasteiger partial charge in [0, 0.05) is 10.1 Å². The van der Waals surface area contributed by atoms with Crippen molar-refractivity contribution in [3.63, 3.8) is 0 Å². The molecule has 1 aromatic carbocycles. The Balaban J connectivity index is 2.65. The minimum absolute atomic E-state index is 0.286. The number of carbonyl (C=O) groups is 1. The fourth-order valence-electron chi connectivity index (χ4n) is 1.46. The molecular weight excluding hydrogens is 208 g/mol. The summed E-state index contributed by atoms with van der Waals surface area (Å²) in [6.45, 7) is 3.74. The molecule has 0 amide bonds. The van der Waals surface area contributed by atoms with Gasteiger partial charge in [0.1, 0.15) is 4.88 Å². The lowest BCUT2D eigenvalue weighted by Gasteiger charge is -1.93. The second-order valence-corrected chi connectivity index (χ2v) is 4.15. The van der Waals surface area contributed by atoms with Gasteiger partial charge in [-0.25, -0.2) is 4.79 Å². The van der Waals surface area contributed by atoms with Crippen LogP contribution in [-0.2, 0) is 4.74 Å². The summed E-state index contributed by atoms with van der Waals surface area (Å²) in [7, 11) is 1.39. The van der Waals surface area contributed by atoms with Crippen LogP contribution in [0.2, 0.25) is 0 Å². The third-order valence-electron chi connectivity index (χ3n) is 2.20. The zero-order chi connectivity index (χ0) is 10.8. The summed E-state index contributed by atoms with van der Waals surface area (Å²) in [5.74, 6) is -0.286. The van der Waals surface area contributed by atoms with Gasteiger partial charge in [0.25, 0.3) is 0 Å². The van der Waals surface area contributed by atoms with Gasteiger partial charge in [0.2, 0.25) is 0 Å². The van der Waals surface area contributed by atoms with Gasteiger partial charge >= 0.3 is 5.97 Å². The maximum atomic E-state index is 11.3. The molecule has 0 unspecified atom stereocenters. The van der Waals surface area contributed by atoms with Gasteiger partial charge in [0.15, 0.2) is 0 Å². The van der Waals surface area contributed by atoms with Crippen molar-refractivity contribution >= 4 is 33.5 Å². The lowest BCUT2D eigenvalue weighted by Crippen LogP contribution is -1.96. The second kappa shape index (κ2) is 3.87. The van der Waals surface area contributed by atoms with E-state index < -0.39 is 0 Å². The van der Waals surface area contributed by atoms with E-state index in [1.54, 1.807) is 6.08 Å². The standard InChI is InChI=1S/C12H10O2S/c1-3-8-5-4-6-10-9(8)7-11(15-10)12(13)14-2/h3-7H,1H2,2H3. The summed E-state index contributed by atoms with van der Waals surface area (Å²) in [6.07, 6.45) is 1.79. The summed E-state index contributed by atoms with van der Waals surface area (Å²) in [4.78, 5) is 12.0. The molecule has 2 aromatic rings. The number of hydrogen-bond acceptors (Lipinski definition) is 3. The number of methoxy groups -OCH3 is 1. The number of benzene rings is 1. The monoisotopic (exact) mass is 218 g/mol. The van der Waals surface area contributed by atoms with E-state index in [-0.39, 0.29) is 5.97 Å².